The van der Waals surface area contributed by atoms with Gasteiger partial charge in [-0.3, -0.25) is 0 Å². The molecule has 0 aliphatic heterocycles. The van der Waals surface area contributed by atoms with E-state index in [1.54, 1.807) is 24.3 Å². The van der Waals surface area contributed by atoms with Crippen LogP contribution in [0.3, 0.4) is 0 Å². The Morgan fingerprint density at radius 1 is 1.04 bits per heavy atom. The summed E-state index contributed by atoms with van der Waals surface area (Å²) < 4.78 is 11.3. The number of aliphatic hydroxyl groups is 1. The maximum absolute atomic E-state index is 10.1. The van der Waals surface area contributed by atoms with E-state index < -0.39 is 6.10 Å². The Labute approximate surface area is 155 Å². The van der Waals surface area contributed by atoms with Gasteiger partial charge >= 0.3 is 0 Å². The Bertz CT molecular complexity index is 718. The second kappa shape index (κ2) is 9.81. The number of aliphatic hydroxyl groups excluding tert-OH is 1. The molecule has 138 valence electrons. The molecule has 0 fully saturated rings. The second-order valence-electron chi connectivity index (χ2n) is 6.54. The molecule has 0 saturated heterocycles. The van der Waals surface area contributed by atoms with E-state index in [0.29, 0.717) is 31.0 Å². The summed E-state index contributed by atoms with van der Waals surface area (Å²) in [4.78, 5) is 2.01. The summed E-state index contributed by atoms with van der Waals surface area (Å²) in [5.74, 6) is 1.52. The van der Waals surface area contributed by atoms with Gasteiger partial charge in [0.1, 0.15) is 30.8 Å². The first-order valence-electron chi connectivity index (χ1n) is 8.67. The molecule has 1 N–H and O–H groups in total. The minimum Gasteiger partial charge on any atom is -0.492 e. The molecule has 2 aromatic rings. The third-order valence-electron chi connectivity index (χ3n) is 3.89. The molecule has 0 saturated carbocycles. The fourth-order valence-corrected chi connectivity index (χ4v) is 2.66. The van der Waals surface area contributed by atoms with E-state index in [1.165, 1.54) is 11.1 Å². The van der Waals surface area contributed by atoms with Crippen LogP contribution >= 0.6 is 0 Å². The SMILES string of the molecule is Cc1cc(C)cc(OCCN(C)CC(O)COc2ccc(C#N)cc2)c1. The molecule has 0 heterocycles. The van der Waals surface area contributed by atoms with Gasteiger partial charge in [-0.2, -0.15) is 5.26 Å². The van der Waals surface area contributed by atoms with E-state index in [1.807, 2.05) is 24.1 Å². The first-order chi connectivity index (χ1) is 12.5. The lowest BCUT2D eigenvalue weighted by Crippen LogP contribution is -2.35. The van der Waals surface area contributed by atoms with E-state index in [4.69, 9.17) is 14.7 Å². The summed E-state index contributed by atoms with van der Waals surface area (Å²) in [6.07, 6.45) is -0.600. The molecule has 2 aromatic carbocycles. The van der Waals surface area contributed by atoms with Gasteiger partial charge in [0.15, 0.2) is 0 Å². The molecule has 0 aliphatic rings. The van der Waals surface area contributed by atoms with Crippen LogP contribution in [0.5, 0.6) is 11.5 Å². The molecule has 0 bridgehead atoms. The first-order valence-corrected chi connectivity index (χ1v) is 8.67. The fraction of sp³-hybridized carbons (Fsp3) is 0.381. The van der Waals surface area contributed by atoms with Crippen LogP contribution in [-0.2, 0) is 0 Å². The molecule has 0 aromatic heterocycles. The normalized spacial score (nSPS) is 11.8. The Kier molecular flexibility index (Phi) is 7.46. The lowest BCUT2D eigenvalue weighted by atomic mass is 10.1. The van der Waals surface area contributed by atoms with Crippen molar-refractivity contribution in [2.45, 2.75) is 20.0 Å². The van der Waals surface area contributed by atoms with Gasteiger partial charge in [-0.1, -0.05) is 6.07 Å². The summed E-state index contributed by atoms with van der Waals surface area (Å²) in [5, 5.41) is 18.9. The molecule has 0 aliphatic carbocycles. The molecule has 0 spiro atoms. The van der Waals surface area contributed by atoms with E-state index in [0.717, 1.165) is 5.75 Å². The molecule has 5 nitrogen and oxygen atoms in total. The maximum Gasteiger partial charge on any atom is 0.119 e. The van der Waals surface area contributed by atoms with Crippen LogP contribution < -0.4 is 9.47 Å². The quantitative estimate of drug-likeness (QED) is 0.750. The zero-order valence-electron chi connectivity index (χ0n) is 15.6. The van der Waals surface area contributed by atoms with Gasteiger partial charge in [0.25, 0.3) is 0 Å². The lowest BCUT2D eigenvalue weighted by Gasteiger charge is -2.21. The van der Waals surface area contributed by atoms with Crippen molar-refractivity contribution in [1.29, 1.82) is 5.26 Å². The topological polar surface area (TPSA) is 65.7 Å². The molecular weight excluding hydrogens is 328 g/mol. The number of hydrogen-bond donors (Lipinski definition) is 1. The zero-order valence-corrected chi connectivity index (χ0v) is 15.6. The van der Waals surface area contributed by atoms with Crippen LogP contribution in [0, 0.1) is 25.2 Å². The largest absolute Gasteiger partial charge is 0.492 e. The number of ether oxygens (including phenoxy) is 2. The fourth-order valence-electron chi connectivity index (χ4n) is 2.66. The van der Waals surface area contributed by atoms with Crippen molar-refractivity contribution < 1.29 is 14.6 Å². The predicted octanol–water partition coefficient (Wildman–Crippen LogP) is 2.93. The molecule has 26 heavy (non-hydrogen) atoms. The Hall–Kier alpha value is -2.55. The minimum absolute atomic E-state index is 0.203. The van der Waals surface area contributed by atoms with E-state index in [-0.39, 0.29) is 6.61 Å². The van der Waals surface area contributed by atoms with Crippen molar-refractivity contribution in [3.05, 3.63) is 59.2 Å². The van der Waals surface area contributed by atoms with Crippen LogP contribution in [0.15, 0.2) is 42.5 Å². The van der Waals surface area contributed by atoms with Gasteiger partial charge in [-0.25, -0.2) is 0 Å². The maximum atomic E-state index is 10.1. The standard InChI is InChI=1S/C21H26N2O3/c1-16-10-17(2)12-21(11-16)25-9-8-23(3)14-19(24)15-26-20-6-4-18(13-22)5-7-20/h4-7,10-12,19,24H,8-9,14-15H2,1-3H3. The number of hydrogen-bond acceptors (Lipinski definition) is 5. The van der Waals surface area contributed by atoms with Crippen LogP contribution in [-0.4, -0.2) is 49.5 Å². The van der Waals surface area contributed by atoms with Crippen molar-refractivity contribution in [3.8, 4) is 17.6 Å². The first kappa shape index (κ1) is 19.8. The lowest BCUT2D eigenvalue weighted by molar-refractivity contribution is 0.0723. The van der Waals surface area contributed by atoms with Gasteiger partial charge in [0, 0.05) is 13.1 Å². The van der Waals surface area contributed by atoms with Crippen molar-refractivity contribution >= 4 is 0 Å². The second-order valence-corrected chi connectivity index (χ2v) is 6.54. The highest BCUT2D eigenvalue weighted by atomic mass is 16.5. The van der Waals surface area contributed by atoms with Crippen LogP contribution in [0.2, 0.25) is 0 Å². The zero-order chi connectivity index (χ0) is 18.9. The van der Waals surface area contributed by atoms with E-state index in [9.17, 15) is 5.11 Å². The molecular formula is C21H26N2O3. The van der Waals surface area contributed by atoms with Crippen molar-refractivity contribution in [2.24, 2.45) is 0 Å². The monoisotopic (exact) mass is 354 g/mol. The van der Waals surface area contributed by atoms with Gasteiger partial charge in [0.05, 0.1) is 11.6 Å². The van der Waals surface area contributed by atoms with Crippen LogP contribution in [0.25, 0.3) is 0 Å². The third kappa shape index (κ3) is 6.75. The van der Waals surface area contributed by atoms with Crippen LogP contribution in [0.1, 0.15) is 16.7 Å². The molecule has 0 amide bonds. The summed E-state index contributed by atoms with van der Waals surface area (Å²) >= 11 is 0. The smallest absolute Gasteiger partial charge is 0.119 e. The van der Waals surface area contributed by atoms with Gasteiger partial charge in [0.2, 0.25) is 0 Å². The van der Waals surface area contributed by atoms with Crippen molar-refractivity contribution in [3.63, 3.8) is 0 Å². The highest BCUT2D eigenvalue weighted by Crippen LogP contribution is 2.16. The summed E-state index contributed by atoms with van der Waals surface area (Å²) in [5.41, 5.74) is 2.95. The summed E-state index contributed by atoms with van der Waals surface area (Å²) in [7, 11) is 1.94. The number of nitrogens with zero attached hydrogens (tertiary/aromatic N) is 2. The Morgan fingerprint density at radius 3 is 2.31 bits per heavy atom. The number of rotatable bonds is 9. The van der Waals surface area contributed by atoms with Crippen LogP contribution in [0.4, 0.5) is 0 Å². The molecule has 1 atom stereocenters. The average Bonchev–Trinajstić information content (AvgIpc) is 2.59. The van der Waals surface area contributed by atoms with Gasteiger partial charge in [-0.15, -0.1) is 0 Å². The third-order valence-corrected chi connectivity index (χ3v) is 3.89. The number of nitriles is 1. The predicted molar refractivity (Wildman–Crippen MR) is 102 cm³/mol. The highest BCUT2D eigenvalue weighted by molar-refractivity contribution is 5.34. The average molecular weight is 354 g/mol. The number of likely N-dealkylation sites (N-methyl/N-ethyl adjacent to an activating group) is 1. The summed E-state index contributed by atoms with van der Waals surface area (Å²) in [6, 6.07) is 15.1. The molecule has 5 heteroatoms. The molecule has 0 radical (unpaired) electrons. The minimum atomic E-state index is -0.600. The Balaban J connectivity index is 1.67. The van der Waals surface area contributed by atoms with E-state index in [2.05, 4.69) is 26.0 Å². The molecule has 1 unspecified atom stereocenters. The van der Waals surface area contributed by atoms with Gasteiger partial charge in [-0.05, 0) is 68.4 Å². The van der Waals surface area contributed by atoms with Crippen molar-refractivity contribution in [1.82, 2.24) is 4.90 Å². The van der Waals surface area contributed by atoms with Crippen molar-refractivity contribution in [2.75, 3.05) is 33.4 Å². The summed E-state index contributed by atoms with van der Waals surface area (Å²) in [6.45, 7) is 6.07. The highest BCUT2D eigenvalue weighted by Gasteiger charge is 2.09. The van der Waals surface area contributed by atoms with Gasteiger partial charge < -0.3 is 19.5 Å². The number of benzene rings is 2. The molecule has 2 rings (SSSR count). The Morgan fingerprint density at radius 2 is 1.69 bits per heavy atom. The van der Waals surface area contributed by atoms with E-state index >= 15 is 0 Å². The number of aryl methyl sites for hydroxylation is 2.